The van der Waals surface area contributed by atoms with E-state index >= 15 is 0 Å². The second-order valence-electron chi connectivity index (χ2n) is 10.0. The van der Waals surface area contributed by atoms with E-state index in [2.05, 4.69) is 10.2 Å². The Morgan fingerprint density at radius 2 is 1.89 bits per heavy atom. The molecule has 2 saturated heterocycles. The number of aryl methyl sites for hydroxylation is 1. The Morgan fingerprint density at radius 3 is 2.67 bits per heavy atom. The Bertz CT molecular complexity index is 1260. The molecule has 0 saturated carbocycles. The Morgan fingerprint density at radius 1 is 1.11 bits per heavy atom. The first-order chi connectivity index (χ1) is 17.4. The molecular weight excluding hydrogens is 480 g/mol. The van der Waals surface area contributed by atoms with Crippen LogP contribution in [0.4, 0.5) is 16.6 Å². The van der Waals surface area contributed by atoms with E-state index in [1.807, 2.05) is 38.4 Å². The molecule has 2 aromatic rings. The smallest absolute Gasteiger partial charge is 0.410 e. The highest BCUT2D eigenvalue weighted by atomic mass is 32.2. The largest absolute Gasteiger partial charge is 0.415 e. The topological polar surface area (TPSA) is 108 Å². The first kappa shape index (κ1) is 23.2. The summed E-state index contributed by atoms with van der Waals surface area (Å²) in [5, 5.41) is 3.49. The fraction of sp³-hybridized carbons (Fsp3) is 0.520. The maximum Gasteiger partial charge on any atom is 0.415 e. The predicted octanol–water partition coefficient (Wildman–Crippen LogP) is 2.11. The summed E-state index contributed by atoms with van der Waals surface area (Å²) in [5.41, 5.74) is 1.45. The molecule has 190 valence electrons. The molecule has 2 amide bonds. The number of fused-ring (bicyclic) bond motifs is 3. The first-order valence-electron chi connectivity index (χ1n) is 12.5. The van der Waals surface area contributed by atoms with Crippen molar-refractivity contribution < 1.29 is 18.5 Å². The summed E-state index contributed by atoms with van der Waals surface area (Å²) in [7, 11) is 2.49. The van der Waals surface area contributed by atoms with Crippen molar-refractivity contribution in [3.05, 3.63) is 35.5 Å². The van der Waals surface area contributed by atoms with Crippen LogP contribution >= 0.6 is 0 Å². The first-order valence-corrected chi connectivity index (χ1v) is 13.8. The zero-order valence-electron chi connectivity index (χ0n) is 20.5. The molecule has 0 radical (unpaired) electrons. The van der Waals surface area contributed by atoms with Gasteiger partial charge in [-0.2, -0.15) is 4.98 Å². The zero-order chi connectivity index (χ0) is 25.0. The molecule has 1 N–H and O–H groups in total. The highest BCUT2D eigenvalue weighted by Crippen LogP contribution is 2.46. The lowest BCUT2D eigenvalue weighted by Gasteiger charge is -2.49. The average molecular weight is 511 g/mol. The van der Waals surface area contributed by atoms with Gasteiger partial charge in [-0.1, -0.05) is 18.2 Å². The molecule has 2 unspecified atom stereocenters. The van der Waals surface area contributed by atoms with Crippen LogP contribution in [0.1, 0.15) is 36.9 Å². The van der Waals surface area contributed by atoms with E-state index in [1.165, 1.54) is 0 Å². The van der Waals surface area contributed by atoms with Crippen molar-refractivity contribution in [3.8, 4) is 5.75 Å². The minimum absolute atomic E-state index is 0.0557. The Hall–Kier alpha value is -3.21. The van der Waals surface area contributed by atoms with Crippen molar-refractivity contribution in [3.63, 3.8) is 0 Å². The number of aromatic nitrogens is 2. The van der Waals surface area contributed by atoms with E-state index < -0.39 is 16.3 Å². The van der Waals surface area contributed by atoms with Crippen molar-refractivity contribution in [1.29, 1.82) is 0 Å². The van der Waals surface area contributed by atoms with Crippen molar-refractivity contribution in [1.82, 2.24) is 19.8 Å². The number of piperidine rings is 2. The molecule has 6 rings (SSSR count). The van der Waals surface area contributed by atoms with E-state index in [1.54, 1.807) is 9.80 Å². The number of carbonyl (C=O) groups is 2. The standard InChI is InChI=1S/C25H30N6O4S/c1-29-15-16(7-8-20(29)32)26-22-21-18(9-14-36(21)34)27-23(28-22)31-12-10-25(11-13-31)17-5-3-4-6-19(17)35-24(33)30(25)2/h3-6,16H,7-15H2,1-2H3,(H,26,27,28). The minimum atomic E-state index is -1.13. The monoisotopic (exact) mass is 510 g/mol. The zero-order valence-corrected chi connectivity index (χ0v) is 21.3. The van der Waals surface area contributed by atoms with Gasteiger partial charge in [0.05, 0.1) is 22.0 Å². The van der Waals surface area contributed by atoms with Crippen LogP contribution in [0.3, 0.4) is 0 Å². The number of carbonyl (C=O) groups excluding carboxylic acids is 2. The molecule has 10 nitrogen and oxygen atoms in total. The molecule has 1 aromatic carbocycles. The molecule has 5 heterocycles. The number of rotatable bonds is 3. The molecule has 2 fully saturated rings. The molecular formula is C25H30N6O4S. The van der Waals surface area contributed by atoms with Crippen LogP contribution in [0, 0.1) is 0 Å². The third-order valence-electron chi connectivity index (χ3n) is 8.02. The minimum Gasteiger partial charge on any atom is -0.410 e. The lowest BCUT2D eigenvalue weighted by atomic mass is 9.78. The number of hydrogen-bond acceptors (Lipinski definition) is 8. The fourth-order valence-electron chi connectivity index (χ4n) is 5.89. The molecule has 2 atom stereocenters. The van der Waals surface area contributed by atoms with E-state index in [4.69, 9.17) is 14.7 Å². The van der Waals surface area contributed by atoms with Crippen LogP contribution < -0.4 is 15.0 Å². The van der Waals surface area contributed by atoms with Gasteiger partial charge in [-0.05, 0) is 25.3 Å². The van der Waals surface area contributed by atoms with Crippen LogP contribution in [0.2, 0.25) is 0 Å². The van der Waals surface area contributed by atoms with Gasteiger partial charge in [0.2, 0.25) is 11.9 Å². The predicted molar refractivity (Wildman–Crippen MR) is 135 cm³/mol. The van der Waals surface area contributed by atoms with Gasteiger partial charge in [-0.25, -0.2) is 9.78 Å². The van der Waals surface area contributed by atoms with Gasteiger partial charge in [0.1, 0.15) is 16.5 Å². The molecule has 1 spiro atoms. The number of para-hydroxylation sites is 1. The summed E-state index contributed by atoms with van der Waals surface area (Å²) in [6.45, 7) is 1.94. The highest BCUT2D eigenvalue weighted by Gasteiger charge is 2.48. The normalized spacial score (nSPS) is 25.0. The number of nitrogens with one attached hydrogen (secondary N) is 1. The van der Waals surface area contributed by atoms with E-state index in [0.29, 0.717) is 60.6 Å². The third kappa shape index (κ3) is 3.71. The Labute approximate surface area is 212 Å². The third-order valence-corrected chi connectivity index (χ3v) is 9.48. The van der Waals surface area contributed by atoms with Gasteiger partial charge in [0.25, 0.3) is 0 Å². The second kappa shape index (κ2) is 8.72. The lowest BCUT2D eigenvalue weighted by molar-refractivity contribution is -0.132. The van der Waals surface area contributed by atoms with Gasteiger partial charge in [0, 0.05) is 63.9 Å². The summed E-state index contributed by atoms with van der Waals surface area (Å²) in [6, 6.07) is 7.82. The number of likely N-dealkylation sites (tertiary alicyclic amines) is 1. The molecule has 0 aliphatic carbocycles. The van der Waals surface area contributed by atoms with Gasteiger partial charge < -0.3 is 24.8 Å². The van der Waals surface area contributed by atoms with Gasteiger partial charge in [-0.15, -0.1) is 0 Å². The number of amides is 2. The summed E-state index contributed by atoms with van der Waals surface area (Å²) in [5.74, 6) is 2.58. The number of nitrogens with zero attached hydrogens (tertiary/aromatic N) is 5. The number of benzene rings is 1. The molecule has 36 heavy (non-hydrogen) atoms. The maximum atomic E-state index is 12.8. The van der Waals surface area contributed by atoms with Crippen LogP contribution in [0.15, 0.2) is 29.2 Å². The lowest BCUT2D eigenvalue weighted by Crippen LogP contribution is -2.57. The quantitative estimate of drug-likeness (QED) is 0.669. The SMILES string of the molecule is CN1CC(Nc2nc(N3CCC4(CC3)c3ccccc3OC(=O)N4C)nc3c2S(=O)CC3)CCC1=O. The Balaban J connectivity index is 1.27. The van der Waals surface area contributed by atoms with Crippen molar-refractivity contribution in [2.24, 2.45) is 0 Å². The molecule has 11 heteroatoms. The van der Waals surface area contributed by atoms with Crippen LogP contribution in [0.5, 0.6) is 5.75 Å². The fourth-order valence-corrected chi connectivity index (χ4v) is 7.20. The van der Waals surface area contributed by atoms with E-state index in [-0.39, 0.29) is 18.0 Å². The van der Waals surface area contributed by atoms with E-state index in [9.17, 15) is 13.8 Å². The van der Waals surface area contributed by atoms with Crippen LogP contribution in [-0.2, 0) is 27.6 Å². The summed E-state index contributed by atoms with van der Waals surface area (Å²) in [4.78, 5) is 40.6. The highest BCUT2D eigenvalue weighted by molar-refractivity contribution is 7.85. The molecule has 0 bridgehead atoms. The van der Waals surface area contributed by atoms with Crippen LogP contribution in [0.25, 0.3) is 0 Å². The molecule has 4 aliphatic rings. The van der Waals surface area contributed by atoms with Crippen molar-refractivity contribution >= 4 is 34.6 Å². The number of likely N-dealkylation sites (N-methyl/N-ethyl adjacent to an activating group) is 1. The average Bonchev–Trinajstić information content (AvgIpc) is 3.26. The maximum absolute atomic E-state index is 12.8. The molecule has 4 aliphatic heterocycles. The van der Waals surface area contributed by atoms with Gasteiger partial charge in [0.15, 0.2) is 0 Å². The Kier molecular flexibility index (Phi) is 5.62. The van der Waals surface area contributed by atoms with Gasteiger partial charge >= 0.3 is 6.09 Å². The molecule has 1 aromatic heterocycles. The number of ether oxygens (including phenoxy) is 1. The van der Waals surface area contributed by atoms with E-state index in [0.717, 1.165) is 30.5 Å². The van der Waals surface area contributed by atoms with Crippen molar-refractivity contribution in [2.75, 3.05) is 49.7 Å². The number of anilines is 2. The number of hydrogen-bond donors (Lipinski definition) is 1. The summed E-state index contributed by atoms with van der Waals surface area (Å²) >= 11 is 0. The van der Waals surface area contributed by atoms with Gasteiger partial charge in [-0.3, -0.25) is 9.00 Å². The second-order valence-corrected chi connectivity index (χ2v) is 11.6. The van der Waals surface area contributed by atoms with Crippen LogP contribution in [-0.4, -0.2) is 81.5 Å². The summed E-state index contributed by atoms with van der Waals surface area (Å²) < 4.78 is 18.3. The summed E-state index contributed by atoms with van der Waals surface area (Å²) in [6.07, 6.45) is 2.98. The van der Waals surface area contributed by atoms with Crippen molar-refractivity contribution in [2.45, 2.75) is 48.6 Å².